The minimum atomic E-state index is -0.735. The molecule has 0 aliphatic carbocycles. The summed E-state index contributed by atoms with van der Waals surface area (Å²) >= 11 is 0. The van der Waals surface area contributed by atoms with E-state index in [2.05, 4.69) is 4.74 Å². The van der Waals surface area contributed by atoms with Crippen LogP contribution in [0.1, 0.15) is 20.8 Å². The van der Waals surface area contributed by atoms with E-state index in [0.717, 1.165) is 0 Å². The first kappa shape index (κ1) is 17.1. The van der Waals surface area contributed by atoms with Gasteiger partial charge in [0.05, 0.1) is 26.3 Å². The number of carbonyl (C=O) groups excluding carboxylic acids is 3. The first-order valence-electron chi connectivity index (χ1n) is 7.26. The number of fused-ring (bicyclic) bond motifs is 2. The number of methoxy groups -OCH3 is 2. The average Bonchev–Trinajstić information content (AvgIpc) is 3.00. The van der Waals surface area contributed by atoms with Gasteiger partial charge in [0.15, 0.2) is 0 Å². The van der Waals surface area contributed by atoms with Crippen molar-refractivity contribution in [3.8, 4) is 0 Å². The van der Waals surface area contributed by atoms with Gasteiger partial charge in [-0.05, 0) is 26.3 Å². The van der Waals surface area contributed by atoms with E-state index in [9.17, 15) is 14.4 Å². The molecule has 7 heteroatoms. The van der Waals surface area contributed by atoms with Gasteiger partial charge in [-0.1, -0.05) is 12.2 Å². The van der Waals surface area contributed by atoms with Crippen LogP contribution in [-0.4, -0.2) is 54.8 Å². The second-order valence-corrected chi connectivity index (χ2v) is 6.38. The zero-order valence-electron chi connectivity index (χ0n) is 13.9. The Morgan fingerprint density at radius 1 is 1.13 bits per heavy atom. The molecule has 0 radical (unpaired) electrons. The molecule has 0 spiro atoms. The molecule has 0 aromatic rings. The zero-order chi connectivity index (χ0) is 17.4. The van der Waals surface area contributed by atoms with Gasteiger partial charge >= 0.3 is 18.0 Å². The minimum absolute atomic E-state index is 0.474. The lowest BCUT2D eigenvalue weighted by Gasteiger charge is -2.27. The van der Waals surface area contributed by atoms with Crippen LogP contribution in [0.25, 0.3) is 0 Å². The summed E-state index contributed by atoms with van der Waals surface area (Å²) < 4.78 is 14.8. The molecule has 3 atom stereocenters. The van der Waals surface area contributed by atoms with Crippen molar-refractivity contribution in [2.75, 3.05) is 14.2 Å². The molecule has 1 amide bonds. The van der Waals surface area contributed by atoms with Gasteiger partial charge in [0.2, 0.25) is 0 Å². The SMILES string of the molecule is COC(=O)/C=C1\C(C(=O)OC)[C@H]2C=C[C@@H]1N2C(=O)OC(C)(C)C. The van der Waals surface area contributed by atoms with Gasteiger partial charge in [0, 0.05) is 6.08 Å². The van der Waals surface area contributed by atoms with Gasteiger partial charge < -0.3 is 14.2 Å². The Balaban J connectivity index is 2.36. The Kier molecular flexibility index (Phi) is 4.49. The van der Waals surface area contributed by atoms with Gasteiger partial charge in [0.1, 0.15) is 11.5 Å². The van der Waals surface area contributed by atoms with E-state index in [0.29, 0.717) is 5.57 Å². The molecule has 2 aliphatic rings. The monoisotopic (exact) mass is 323 g/mol. The van der Waals surface area contributed by atoms with Crippen molar-refractivity contribution >= 4 is 18.0 Å². The van der Waals surface area contributed by atoms with Gasteiger partial charge in [0.25, 0.3) is 0 Å². The average molecular weight is 323 g/mol. The van der Waals surface area contributed by atoms with E-state index in [-0.39, 0.29) is 0 Å². The first-order valence-corrected chi connectivity index (χ1v) is 7.26. The quantitative estimate of drug-likeness (QED) is 0.331. The summed E-state index contributed by atoms with van der Waals surface area (Å²) in [7, 11) is 2.52. The van der Waals surface area contributed by atoms with Crippen molar-refractivity contribution in [1.29, 1.82) is 0 Å². The van der Waals surface area contributed by atoms with Crippen LogP contribution in [0.5, 0.6) is 0 Å². The number of hydrogen-bond donors (Lipinski definition) is 0. The molecule has 0 saturated carbocycles. The molecule has 7 nitrogen and oxygen atoms in total. The molecule has 0 aromatic heterocycles. The molecule has 0 N–H and O–H groups in total. The highest BCUT2D eigenvalue weighted by Crippen LogP contribution is 2.42. The van der Waals surface area contributed by atoms with Crippen LogP contribution in [0.4, 0.5) is 4.79 Å². The van der Waals surface area contributed by atoms with Crippen molar-refractivity contribution in [1.82, 2.24) is 4.90 Å². The van der Waals surface area contributed by atoms with E-state index < -0.39 is 41.6 Å². The van der Waals surface area contributed by atoms with Crippen LogP contribution < -0.4 is 0 Å². The number of hydrogen-bond acceptors (Lipinski definition) is 6. The summed E-state index contributed by atoms with van der Waals surface area (Å²) in [4.78, 5) is 37.6. The molecular formula is C16H21NO6. The van der Waals surface area contributed by atoms with Crippen LogP contribution in [0, 0.1) is 5.92 Å². The number of esters is 2. The van der Waals surface area contributed by atoms with Crippen molar-refractivity contribution in [3.05, 3.63) is 23.8 Å². The molecule has 1 fully saturated rings. The molecule has 1 unspecified atom stereocenters. The van der Waals surface area contributed by atoms with Gasteiger partial charge in [-0.3, -0.25) is 9.69 Å². The zero-order valence-corrected chi connectivity index (χ0v) is 13.9. The van der Waals surface area contributed by atoms with Crippen molar-refractivity contribution in [2.24, 2.45) is 5.92 Å². The lowest BCUT2D eigenvalue weighted by Crippen LogP contribution is -2.42. The van der Waals surface area contributed by atoms with E-state index in [1.807, 2.05) is 0 Å². The van der Waals surface area contributed by atoms with Gasteiger partial charge in [-0.2, -0.15) is 0 Å². The highest BCUT2D eigenvalue weighted by molar-refractivity contribution is 5.89. The smallest absolute Gasteiger partial charge is 0.411 e. The summed E-state index contributed by atoms with van der Waals surface area (Å²) in [5.41, 5.74) is -0.186. The van der Waals surface area contributed by atoms with E-state index in [4.69, 9.17) is 9.47 Å². The fourth-order valence-electron chi connectivity index (χ4n) is 2.84. The van der Waals surface area contributed by atoms with Gasteiger partial charge in [-0.15, -0.1) is 0 Å². The lowest BCUT2D eigenvalue weighted by molar-refractivity contribution is -0.144. The number of rotatable bonds is 2. The van der Waals surface area contributed by atoms with Crippen molar-refractivity contribution in [3.63, 3.8) is 0 Å². The molecule has 23 heavy (non-hydrogen) atoms. The van der Waals surface area contributed by atoms with Crippen LogP contribution in [-0.2, 0) is 23.8 Å². The molecule has 126 valence electrons. The largest absolute Gasteiger partial charge is 0.468 e. The first-order chi connectivity index (χ1) is 10.7. The highest BCUT2D eigenvalue weighted by Gasteiger charge is 2.53. The topological polar surface area (TPSA) is 82.1 Å². The maximum absolute atomic E-state index is 12.4. The van der Waals surface area contributed by atoms with Crippen molar-refractivity contribution < 1.29 is 28.6 Å². The molecule has 1 saturated heterocycles. The van der Waals surface area contributed by atoms with E-state index in [1.165, 1.54) is 25.2 Å². The second-order valence-electron chi connectivity index (χ2n) is 6.38. The third-order valence-corrected chi connectivity index (χ3v) is 3.70. The number of nitrogens with zero attached hydrogens (tertiary/aromatic N) is 1. The van der Waals surface area contributed by atoms with Crippen molar-refractivity contribution in [2.45, 2.75) is 38.5 Å². The molecule has 2 aliphatic heterocycles. The Morgan fingerprint density at radius 3 is 2.30 bits per heavy atom. The maximum Gasteiger partial charge on any atom is 0.411 e. The molecule has 0 aromatic carbocycles. The number of amides is 1. The summed E-state index contributed by atoms with van der Waals surface area (Å²) in [5, 5.41) is 0. The Labute approximate surface area is 134 Å². The second kappa shape index (κ2) is 6.06. The van der Waals surface area contributed by atoms with Crippen LogP contribution in [0.2, 0.25) is 0 Å². The number of carbonyl (C=O) groups is 3. The van der Waals surface area contributed by atoms with E-state index >= 15 is 0 Å². The maximum atomic E-state index is 12.4. The van der Waals surface area contributed by atoms with E-state index in [1.54, 1.807) is 32.9 Å². The molecule has 2 rings (SSSR count). The standard InChI is InChI=1S/C16H21NO6/c1-16(2,3)23-15(20)17-10-6-7-11(17)13(14(19)22-5)9(10)8-12(18)21-4/h6-8,10-11,13H,1-5H3/b9-8-/t10-,11+,13?/m0/s1. The highest BCUT2D eigenvalue weighted by atomic mass is 16.6. The Hall–Kier alpha value is -2.31. The summed E-state index contributed by atoms with van der Waals surface area (Å²) in [6, 6.07) is -1.05. The minimum Gasteiger partial charge on any atom is -0.468 e. The predicted molar refractivity (Wildman–Crippen MR) is 80.4 cm³/mol. The number of ether oxygens (including phenoxy) is 3. The summed E-state index contributed by atoms with van der Waals surface area (Å²) in [5.74, 6) is -1.83. The molecule has 2 bridgehead atoms. The molecule has 2 heterocycles. The molecular weight excluding hydrogens is 302 g/mol. The lowest BCUT2D eigenvalue weighted by atomic mass is 9.88. The summed E-state index contributed by atoms with van der Waals surface area (Å²) in [6.45, 7) is 5.29. The third-order valence-electron chi connectivity index (χ3n) is 3.70. The predicted octanol–water partition coefficient (Wildman–Crippen LogP) is 1.43. The fourth-order valence-corrected chi connectivity index (χ4v) is 2.84. The van der Waals surface area contributed by atoms with Crippen LogP contribution in [0.3, 0.4) is 0 Å². The van der Waals surface area contributed by atoms with Crippen LogP contribution in [0.15, 0.2) is 23.8 Å². The van der Waals surface area contributed by atoms with Crippen LogP contribution >= 0.6 is 0 Å². The van der Waals surface area contributed by atoms with Gasteiger partial charge in [-0.25, -0.2) is 9.59 Å². The normalized spacial score (nSPS) is 27.3. The Morgan fingerprint density at radius 2 is 1.78 bits per heavy atom. The summed E-state index contributed by atoms with van der Waals surface area (Å²) in [6.07, 6.45) is 4.22. The Bertz CT molecular complexity index is 586. The third kappa shape index (κ3) is 3.23. The fraction of sp³-hybridized carbons (Fsp3) is 0.562.